The van der Waals surface area contributed by atoms with Gasteiger partial charge in [0.1, 0.15) is 5.69 Å². The molecule has 6 aromatic carbocycles. The molecule has 9 rings (SSSR count). The molecule has 5 heteroatoms. The van der Waals surface area contributed by atoms with E-state index in [1.807, 2.05) is 24.4 Å². The number of benzene rings is 6. The molecular weight excluding hydrogens is 538 g/mol. The molecule has 0 N–H and O–H groups in total. The van der Waals surface area contributed by atoms with Crippen LogP contribution >= 0.6 is 0 Å². The van der Waals surface area contributed by atoms with Crippen LogP contribution in [0.15, 0.2) is 150 Å². The highest BCUT2D eigenvalue weighted by Crippen LogP contribution is 2.50. The predicted molar refractivity (Wildman–Crippen MR) is 173 cm³/mol. The standard InChI is InChI=1S/C39H23N5/c1-3-11-24(12-4-1)26-15-7-8-16-28(26)31-23-40-44-43-39(31)35-27(25-13-5-2-6-14-25)19-21-33-36(35)37-34(41-33)22-20-30-29-17-9-10-18-32(29)42-38(30)37/h1-23H. The number of rotatable bonds is 4. The van der Waals surface area contributed by atoms with Gasteiger partial charge in [0.05, 0.1) is 28.3 Å². The maximum Gasteiger partial charge on any atom is 0.105 e. The first-order chi connectivity index (χ1) is 21.8. The van der Waals surface area contributed by atoms with Crippen LogP contribution in [0.1, 0.15) is 0 Å². The molecule has 3 heterocycles. The fourth-order valence-electron chi connectivity index (χ4n) is 6.58. The number of hydrogen-bond donors (Lipinski definition) is 0. The molecule has 0 aliphatic carbocycles. The van der Waals surface area contributed by atoms with Gasteiger partial charge < -0.3 is 0 Å². The number of aromatic nitrogens is 3. The van der Waals surface area contributed by atoms with Crippen molar-refractivity contribution in [2.75, 3.05) is 0 Å². The first-order valence-electron chi connectivity index (χ1n) is 14.6. The van der Waals surface area contributed by atoms with Gasteiger partial charge in [-0.2, -0.15) is 0 Å². The molecule has 2 aliphatic rings. The third-order valence-electron chi connectivity index (χ3n) is 8.52. The van der Waals surface area contributed by atoms with Crippen molar-refractivity contribution in [1.29, 1.82) is 0 Å². The molecule has 7 aromatic rings. The monoisotopic (exact) mass is 561 g/mol. The van der Waals surface area contributed by atoms with Crippen molar-refractivity contribution in [3.63, 3.8) is 0 Å². The largest absolute Gasteiger partial charge is 0.248 e. The Morgan fingerprint density at radius 3 is 1.93 bits per heavy atom. The first kappa shape index (κ1) is 24.5. The van der Waals surface area contributed by atoms with Crippen molar-refractivity contribution in [3.8, 4) is 55.8 Å². The molecule has 204 valence electrons. The third kappa shape index (κ3) is 3.69. The minimum Gasteiger partial charge on any atom is -0.248 e. The second kappa shape index (κ2) is 9.75. The summed E-state index contributed by atoms with van der Waals surface area (Å²) in [6.45, 7) is 0. The molecule has 0 saturated carbocycles. The van der Waals surface area contributed by atoms with E-state index >= 15 is 0 Å². The van der Waals surface area contributed by atoms with Crippen LogP contribution < -0.4 is 10.7 Å². The van der Waals surface area contributed by atoms with Gasteiger partial charge in [0.2, 0.25) is 0 Å². The lowest BCUT2D eigenvalue weighted by Crippen LogP contribution is -2.03. The topological polar surface area (TPSA) is 63.4 Å². The highest BCUT2D eigenvalue weighted by Gasteiger charge is 2.29. The smallest absolute Gasteiger partial charge is 0.105 e. The fraction of sp³-hybridized carbons (Fsp3) is 0. The molecule has 44 heavy (non-hydrogen) atoms. The van der Waals surface area contributed by atoms with E-state index in [0.29, 0.717) is 0 Å². The summed E-state index contributed by atoms with van der Waals surface area (Å²) in [7, 11) is 0. The molecular formula is C39H23N5. The van der Waals surface area contributed by atoms with Gasteiger partial charge in [-0.05, 0) is 57.3 Å². The zero-order valence-electron chi connectivity index (χ0n) is 23.5. The van der Waals surface area contributed by atoms with Crippen molar-refractivity contribution in [2.45, 2.75) is 0 Å². The van der Waals surface area contributed by atoms with Crippen LogP contribution in [0.25, 0.3) is 55.8 Å². The first-order valence-corrected chi connectivity index (χ1v) is 14.6. The van der Waals surface area contributed by atoms with Crippen LogP contribution in [0.4, 0.5) is 11.4 Å². The second-order valence-corrected chi connectivity index (χ2v) is 11.0. The van der Waals surface area contributed by atoms with Gasteiger partial charge >= 0.3 is 0 Å². The van der Waals surface area contributed by atoms with E-state index in [1.165, 1.54) is 0 Å². The van der Waals surface area contributed by atoms with Gasteiger partial charge in [-0.3, -0.25) is 0 Å². The fourth-order valence-corrected chi connectivity index (χ4v) is 6.58. The van der Waals surface area contributed by atoms with Crippen LogP contribution in [-0.4, -0.2) is 15.4 Å². The van der Waals surface area contributed by atoms with E-state index in [2.05, 4.69) is 126 Å². The van der Waals surface area contributed by atoms with Gasteiger partial charge in [0.15, 0.2) is 0 Å². The molecule has 0 atom stereocenters. The Morgan fingerprint density at radius 1 is 0.409 bits per heavy atom. The van der Waals surface area contributed by atoms with Crippen LogP contribution in [-0.2, 0) is 0 Å². The summed E-state index contributed by atoms with van der Waals surface area (Å²) >= 11 is 0. The molecule has 1 aromatic heterocycles. The van der Waals surface area contributed by atoms with Gasteiger partial charge in [0, 0.05) is 32.7 Å². The normalized spacial score (nSPS) is 12.0. The average molecular weight is 562 g/mol. The highest BCUT2D eigenvalue weighted by molar-refractivity contribution is 6.05. The quantitative estimate of drug-likeness (QED) is 0.219. The van der Waals surface area contributed by atoms with Gasteiger partial charge in [-0.1, -0.05) is 109 Å². The van der Waals surface area contributed by atoms with Crippen molar-refractivity contribution < 1.29 is 0 Å². The minimum absolute atomic E-state index is 0.759. The summed E-state index contributed by atoms with van der Waals surface area (Å²) in [5, 5.41) is 17.5. The van der Waals surface area contributed by atoms with E-state index in [-0.39, 0.29) is 0 Å². The number of nitrogens with zero attached hydrogens (tertiary/aromatic N) is 5. The van der Waals surface area contributed by atoms with Gasteiger partial charge in [-0.25, -0.2) is 9.98 Å². The minimum atomic E-state index is 0.759. The van der Waals surface area contributed by atoms with E-state index in [4.69, 9.17) is 15.1 Å². The Hall–Kier alpha value is -6.07. The maximum absolute atomic E-state index is 5.15. The number of fused-ring (bicyclic) bond motifs is 6. The second-order valence-electron chi connectivity index (χ2n) is 11.0. The Labute approximate surface area is 252 Å². The predicted octanol–water partition coefficient (Wildman–Crippen LogP) is 8.02. The van der Waals surface area contributed by atoms with Crippen LogP contribution in [0.5, 0.6) is 0 Å². The van der Waals surface area contributed by atoms with Crippen LogP contribution in [0, 0.1) is 10.4 Å². The summed E-state index contributed by atoms with van der Waals surface area (Å²) in [5.41, 5.74) is 12.0. The zero-order chi connectivity index (χ0) is 29.0. The Bertz CT molecular complexity index is 2490. The molecule has 0 saturated heterocycles. The molecule has 0 unspecified atom stereocenters. The van der Waals surface area contributed by atoms with Crippen LogP contribution in [0.3, 0.4) is 0 Å². The van der Waals surface area contributed by atoms with E-state index in [0.717, 1.165) is 88.3 Å². The molecule has 0 amide bonds. The Balaban J connectivity index is 1.39. The summed E-state index contributed by atoms with van der Waals surface area (Å²) in [5.74, 6) is 0. The van der Waals surface area contributed by atoms with Crippen molar-refractivity contribution >= 4 is 11.4 Å². The highest BCUT2D eigenvalue weighted by atomic mass is 15.3. The molecule has 2 aliphatic heterocycles. The summed E-state index contributed by atoms with van der Waals surface area (Å²) in [6, 6.07) is 46.1. The maximum atomic E-state index is 5.15. The summed E-state index contributed by atoms with van der Waals surface area (Å²) in [4.78, 5) is 10.3. The third-order valence-corrected chi connectivity index (χ3v) is 8.52. The van der Waals surface area contributed by atoms with Crippen molar-refractivity contribution in [2.24, 2.45) is 9.98 Å². The van der Waals surface area contributed by atoms with E-state index < -0.39 is 0 Å². The molecule has 0 spiro atoms. The number of hydrogen-bond acceptors (Lipinski definition) is 5. The van der Waals surface area contributed by atoms with E-state index in [9.17, 15) is 0 Å². The lowest BCUT2D eigenvalue weighted by Gasteiger charge is -2.18. The average Bonchev–Trinajstić information content (AvgIpc) is 3.67. The molecule has 0 radical (unpaired) electrons. The van der Waals surface area contributed by atoms with Crippen LogP contribution in [0.2, 0.25) is 0 Å². The lowest BCUT2D eigenvalue weighted by atomic mass is 9.85. The SMILES string of the molecule is c1ccc(-c2ccccc2-c2cnnnc2-c2c(-c3ccccc3)ccc3c2-c2c4c(ccc2=N3)=c2ccccc2=N4)cc1. The number of para-hydroxylation sites is 1. The van der Waals surface area contributed by atoms with Crippen molar-refractivity contribution in [3.05, 3.63) is 161 Å². The van der Waals surface area contributed by atoms with E-state index in [1.54, 1.807) is 0 Å². The Kier molecular flexibility index (Phi) is 5.43. The summed E-state index contributed by atoms with van der Waals surface area (Å²) in [6.07, 6.45) is 1.83. The zero-order valence-corrected chi connectivity index (χ0v) is 23.5. The van der Waals surface area contributed by atoms with Gasteiger partial charge in [-0.15, -0.1) is 10.2 Å². The van der Waals surface area contributed by atoms with Crippen molar-refractivity contribution in [1.82, 2.24) is 15.4 Å². The lowest BCUT2D eigenvalue weighted by molar-refractivity contribution is 0.873. The molecule has 0 fully saturated rings. The summed E-state index contributed by atoms with van der Waals surface area (Å²) < 4.78 is 0. The molecule has 0 bridgehead atoms. The molecule has 5 nitrogen and oxygen atoms in total. The Morgan fingerprint density at radius 2 is 1.11 bits per heavy atom. The van der Waals surface area contributed by atoms with Gasteiger partial charge in [0.25, 0.3) is 0 Å².